The van der Waals surface area contributed by atoms with Gasteiger partial charge < -0.3 is 10.4 Å². The molecule has 0 amide bonds. The van der Waals surface area contributed by atoms with Gasteiger partial charge in [-0.1, -0.05) is 123 Å². The van der Waals surface area contributed by atoms with Gasteiger partial charge in [-0.05, 0) is 49.4 Å². The number of benzene rings is 2. The van der Waals surface area contributed by atoms with Crippen LogP contribution in [-0.4, -0.2) is 5.11 Å². The maximum absolute atomic E-state index is 9.85. The smallest absolute Gasteiger partial charge is 0.124 e. The van der Waals surface area contributed by atoms with Gasteiger partial charge in [-0.3, -0.25) is 0 Å². The van der Waals surface area contributed by atoms with E-state index in [0.717, 1.165) is 34.2 Å². The van der Waals surface area contributed by atoms with Gasteiger partial charge in [-0.2, -0.15) is 0 Å². The number of phenolic OH excluding ortho intramolecular Hbond substituents is 1. The number of para-hydroxylation sites is 1. The van der Waals surface area contributed by atoms with Crippen LogP contribution in [-0.2, 0) is 0 Å². The van der Waals surface area contributed by atoms with E-state index in [-0.39, 0.29) is 5.75 Å². The molecule has 0 aliphatic carbocycles. The maximum Gasteiger partial charge on any atom is 0.124 e. The lowest BCUT2D eigenvalue weighted by Crippen LogP contribution is -1.99. The molecule has 0 saturated heterocycles. The van der Waals surface area contributed by atoms with E-state index in [4.69, 9.17) is 0 Å². The molecule has 0 saturated carbocycles. The van der Waals surface area contributed by atoms with E-state index in [1.54, 1.807) is 6.07 Å². The first-order chi connectivity index (χ1) is 15.7. The second-order valence-electron chi connectivity index (χ2n) is 9.66. The summed E-state index contributed by atoms with van der Waals surface area (Å²) in [6, 6.07) is 13.5. The van der Waals surface area contributed by atoms with Gasteiger partial charge in [-0.15, -0.1) is 0 Å². The van der Waals surface area contributed by atoms with Gasteiger partial charge in [-0.25, -0.2) is 0 Å². The zero-order valence-electron chi connectivity index (χ0n) is 22.8. The van der Waals surface area contributed by atoms with Crippen LogP contribution in [0.1, 0.15) is 103 Å². The lowest BCUT2D eigenvalue weighted by Gasteiger charge is -2.13. The van der Waals surface area contributed by atoms with Crippen molar-refractivity contribution in [1.82, 2.24) is 0 Å². The molecule has 2 nitrogen and oxygen atoms in total. The average molecular weight is 454 g/mol. The molecule has 0 aliphatic rings. The Balaban J connectivity index is 0.000000569. The standard InChI is InChI=1S/C16H17NO.C8H18.C7H16/c1-11-8-9-16(18)14(10-11)13(3)17-15-7-5-4-6-12(15)2;1-4-6-8(3)7-5-2;1-4-5-6-7(2)3/h4-10,17-18H,3H2,1-2H3;8H,4-7H2,1-3H3;7H,4-6H2,1-3H3. The third kappa shape index (κ3) is 14.5. The fourth-order valence-electron chi connectivity index (χ4n) is 3.58. The Bertz CT molecular complexity index is 772. The zero-order chi connectivity index (χ0) is 25.2. The van der Waals surface area contributed by atoms with Crippen molar-refractivity contribution < 1.29 is 5.11 Å². The summed E-state index contributed by atoms with van der Waals surface area (Å²) in [5, 5.41) is 13.1. The quantitative estimate of drug-likeness (QED) is 0.375. The van der Waals surface area contributed by atoms with Gasteiger partial charge in [0, 0.05) is 16.9 Å². The van der Waals surface area contributed by atoms with Gasteiger partial charge in [0.1, 0.15) is 5.75 Å². The Morgan fingerprint density at radius 2 is 1.48 bits per heavy atom. The van der Waals surface area contributed by atoms with Crippen LogP contribution in [0.5, 0.6) is 5.75 Å². The first kappa shape index (κ1) is 30.8. The van der Waals surface area contributed by atoms with Crippen LogP contribution in [0, 0.1) is 25.7 Å². The Morgan fingerprint density at radius 1 is 0.879 bits per heavy atom. The number of phenols is 1. The molecule has 33 heavy (non-hydrogen) atoms. The number of rotatable bonds is 10. The van der Waals surface area contributed by atoms with Crippen molar-refractivity contribution in [2.75, 3.05) is 5.32 Å². The molecule has 2 rings (SSSR count). The molecule has 186 valence electrons. The van der Waals surface area contributed by atoms with Crippen LogP contribution in [0.25, 0.3) is 5.70 Å². The van der Waals surface area contributed by atoms with Crippen molar-refractivity contribution in [2.45, 2.75) is 100 Å². The fourth-order valence-corrected chi connectivity index (χ4v) is 3.58. The zero-order valence-corrected chi connectivity index (χ0v) is 22.8. The predicted octanol–water partition coefficient (Wildman–Crippen LogP) is 10.1. The van der Waals surface area contributed by atoms with Crippen LogP contribution >= 0.6 is 0 Å². The number of nitrogens with one attached hydrogen (secondary N) is 1. The summed E-state index contributed by atoms with van der Waals surface area (Å²) in [5.41, 5.74) is 4.67. The first-order valence-corrected chi connectivity index (χ1v) is 13.0. The second-order valence-corrected chi connectivity index (χ2v) is 9.66. The molecule has 0 unspecified atom stereocenters. The lowest BCUT2D eigenvalue weighted by atomic mass is 10.0. The molecular weight excluding hydrogens is 402 g/mol. The SMILES string of the molecule is C=C(Nc1ccccc1C)c1cc(C)ccc1O.CCCC(C)CCC.CCCCC(C)C. The second kappa shape index (κ2) is 18.2. The minimum absolute atomic E-state index is 0.242. The van der Waals surface area contributed by atoms with Gasteiger partial charge in [0.25, 0.3) is 0 Å². The minimum Gasteiger partial charge on any atom is -0.507 e. The molecule has 0 fully saturated rings. The molecule has 0 aromatic heterocycles. The van der Waals surface area contributed by atoms with E-state index in [0.29, 0.717) is 5.70 Å². The highest BCUT2D eigenvalue weighted by Gasteiger charge is 2.06. The van der Waals surface area contributed by atoms with Crippen LogP contribution in [0.2, 0.25) is 0 Å². The predicted molar refractivity (Wildman–Crippen MR) is 150 cm³/mol. The number of hydrogen-bond donors (Lipinski definition) is 2. The molecule has 0 heterocycles. The number of aromatic hydroxyl groups is 1. The summed E-state index contributed by atoms with van der Waals surface area (Å²) in [5.74, 6) is 2.11. The monoisotopic (exact) mass is 453 g/mol. The van der Waals surface area contributed by atoms with E-state index in [1.807, 2.05) is 50.2 Å². The summed E-state index contributed by atoms with van der Waals surface area (Å²) >= 11 is 0. The van der Waals surface area contributed by atoms with Gasteiger partial charge in [0.15, 0.2) is 0 Å². The Labute approximate surface area is 205 Å². The normalized spacial score (nSPS) is 10.2. The maximum atomic E-state index is 9.85. The summed E-state index contributed by atoms with van der Waals surface area (Å²) in [6.45, 7) is 21.7. The Kier molecular flexibility index (Phi) is 17.0. The highest BCUT2D eigenvalue weighted by Crippen LogP contribution is 2.27. The molecule has 2 aromatic carbocycles. The number of unbranched alkanes of at least 4 members (excludes halogenated alkanes) is 1. The van der Waals surface area contributed by atoms with E-state index < -0.39 is 0 Å². The van der Waals surface area contributed by atoms with Crippen molar-refractivity contribution in [2.24, 2.45) is 11.8 Å². The molecule has 0 aliphatic heterocycles. The number of anilines is 1. The molecule has 0 bridgehead atoms. The third-order valence-electron chi connectivity index (χ3n) is 5.61. The largest absolute Gasteiger partial charge is 0.507 e. The van der Waals surface area contributed by atoms with Gasteiger partial charge in [0.2, 0.25) is 0 Å². The molecule has 2 heteroatoms. The molecule has 2 N–H and O–H groups in total. The van der Waals surface area contributed by atoms with Crippen LogP contribution in [0.4, 0.5) is 5.69 Å². The van der Waals surface area contributed by atoms with Crippen molar-refractivity contribution in [3.8, 4) is 5.75 Å². The van der Waals surface area contributed by atoms with E-state index in [2.05, 4.69) is 53.4 Å². The van der Waals surface area contributed by atoms with E-state index in [9.17, 15) is 5.11 Å². The van der Waals surface area contributed by atoms with Gasteiger partial charge in [0.05, 0.1) is 0 Å². The van der Waals surface area contributed by atoms with Crippen LogP contribution in [0.15, 0.2) is 49.0 Å². The molecule has 2 aromatic rings. The van der Waals surface area contributed by atoms with E-state index >= 15 is 0 Å². The fraction of sp³-hybridized carbons (Fsp3) is 0.548. The van der Waals surface area contributed by atoms with Crippen molar-refractivity contribution in [1.29, 1.82) is 0 Å². The summed E-state index contributed by atoms with van der Waals surface area (Å²) < 4.78 is 0. The summed E-state index contributed by atoms with van der Waals surface area (Å²) in [4.78, 5) is 0. The molecule has 0 spiro atoms. The molecule has 0 radical (unpaired) electrons. The summed E-state index contributed by atoms with van der Waals surface area (Å²) in [7, 11) is 0. The summed E-state index contributed by atoms with van der Waals surface area (Å²) in [6.07, 6.45) is 9.66. The Hall–Kier alpha value is -2.22. The highest BCUT2D eigenvalue weighted by atomic mass is 16.3. The lowest BCUT2D eigenvalue weighted by molar-refractivity contribution is 0.473. The number of hydrogen-bond acceptors (Lipinski definition) is 2. The third-order valence-corrected chi connectivity index (χ3v) is 5.61. The molecule has 0 atom stereocenters. The first-order valence-electron chi connectivity index (χ1n) is 13.0. The van der Waals surface area contributed by atoms with Gasteiger partial charge >= 0.3 is 0 Å². The molecular formula is C31H51NO. The van der Waals surface area contributed by atoms with Crippen LogP contribution < -0.4 is 5.32 Å². The van der Waals surface area contributed by atoms with Crippen molar-refractivity contribution in [3.05, 3.63) is 65.7 Å². The topological polar surface area (TPSA) is 32.3 Å². The van der Waals surface area contributed by atoms with Crippen LogP contribution in [0.3, 0.4) is 0 Å². The average Bonchev–Trinajstić information content (AvgIpc) is 2.77. The number of aryl methyl sites for hydroxylation is 2. The minimum atomic E-state index is 0.242. The van der Waals surface area contributed by atoms with Crippen molar-refractivity contribution in [3.63, 3.8) is 0 Å². The van der Waals surface area contributed by atoms with E-state index in [1.165, 1.54) is 44.9 Å². The highest BCUT2D eigenvalue weighted by molar-refractivity contribution is 5.79. The Morgan fingerprint density at radius 3 is 1.97 bits per heavy atom. The van der Waals surface area contributed by atoms with Crippen molar-refractivity contribution >= 4 is 11.4 Å².